The Balaban J connectivity index is 1.42. The molecule has 152 valence electrons. The first kappa shape index (κ1) is 20.0. The van der Waals surface area contributed by atoms with Crippen LogP contribution in [0.15, 0.2) is 78.4 Å². The highest BCUT2D eigenvalue weighted by atomic mass is 32.2. The molecule has 30 heavy (non-hydrogen) atoms. The zero-order valence-electron chi connectivity index (χ0n) is 15.6. The molecule has 2 N–H and O–H groups in total. The molecule has 0 unspecified atom stereocenters. The van der Waals surface area contributed by atoms with Gasteiger partial charge in [0, 0.05) is 22.8 Å². The van der Waals surface area contributed by atoms with Crippen LogP contribution in [0.3, 0.4) is 0 Å². The normalized spacial score (nSPS) is 11.2. The van der Waals surface area contributed by atoms with E-state index in [2.05, 4.69) is 20.0 Å². The zero-order chi connectivity index (χ0) is 21.0. The van der Waals surface area contributed by atoms with Crippen molar-refractivity contribution in [2.75, 3.05) is 10.0 Å². The summed E-state index contributed by atoms with van der Waals surface area (Å²) in [4.78, 5) is 8.61. The second kappa shape index (κ2) is 8.60. The molecule has 2 aromatic carbocycles. The van der Waals surface area contributed by atoms with E-state index in [1.165, 1.54) is 35.6 Å². The fourth-order valence-corrected chi connectivity index (χ4v) is 4.69. The van der Waals surface area contributed by atoms with Gasteiger partial charge in [0.05, 0.1) is 23.3 Å². The van der Waals surface area contributed by atoms with Crippen LogP contribution in [0.1, 0.15) is 5.56 Å². The van der Waals surface area contributed by atoms with Gasteiger partial charge in [-0.15, -0.1) is 11.3 Å². The standard InChI is InChI=1S/C21H17FN4O2S2/c22-17-7-3-15(4-8-17)14-30(27,28)26-18-9-5-16(6-10-18)20-13-29-21(25-20)24-19-2-1-11-23-12-19/h1-13,26H,14H2,(H,24,25). The molecule has 0 aliphatic rings. The van der Waals surface area contributed by atoms with E-state index >= 15 is 0 Å². The molecule has 0 aliphatic heterocycles. The van der Waals surface area contributed by atoms with Gasteiger partial charge in [-0.2, -0.15) is 0 Å². The van der Waals surface area contributed by atoms with Crippen LogP contribution in [-0.4, -0.2) is 18.4 Å². The van der Waals surface area contributed by atoms with Gasteiger partial charge in [-0.3, -0.25) is 9.71 Å². The van der Waals surface area contributed by atoms with Crippen molar-refractivity contribution < 1.29 is 12.8 Å². The molecule has 6 nitrogen and oxygen atoms in total. The first-order valence-corrected chi connectivity index (χ1v) is 11.5. The fourth-order valence-electron chi connectivity index (χ4n) is 2.75. The first-order chi connectivity index (χ1) is 14.5. The molecule has 0 amide bonds. The highest BCUT2D eigenvalue weighted by molar-refractivity contribution is 7.91. The van der Waals surface area contributed by atoms with E-state index < -0.39 is 15.8 Å². The molecule has 4 rings (SSSR count). The lowest BCUT2D eigenvalue weighted by molar-refractivity contribution is 0.600. The largest absolute Gasteiger partial charge is 0.330 e. The number of rotatable bonds is 7. The van der Waals surface area contributed by atoms with Gasteiger partial charge in [-0.1, -0.05) is 24.3 Å². The quantitative estimate of drug-likeness (QED) is 0.421. The van der Waals surface area contributed by atoms with Crippen molar-refractivity contribution in [3.8, 4) is 11.3 Å². The number of benzene rings is 2. The predicted molar refractivity (Wildman–Crippen MR) is 118 cm³/mol. The number of nitrogens with one attached hydrogen (secondary N) is 2. The average molecular weight is 441 g/mol. The Morgan fingerprint density at radius 1 is 0.967 bits per heavy atom. The van der Waals surface area contributed by atoms with Gasteiger partial charge in [-0.05, 0) is 42.0 Å². The number of hydrogen-bond acceptors (Lipinski definition) is 6. The molecule has 0 bridgehead atoms. The van der Waals surface area contributed by atoms with Crippen LogP contribution in [0.5, 0.6) is 0 Å². The minimum Gasteiger partial charge on any atom is -0.330 e. The maximum absolute atomic E-state index is 13.0. The maximum Gasteiger partial charge on any atom is 0.236 e. The lowest BCUT2D eigenvalue weighted by atomic mass is 10.1. The Hall–Kier alpha value is -3.30. The molecule has 0 atom stereocenters. The smallest absolute Gasteiger partial charge is 0.236 e. The van der Waals surface area contributed by atoms with Crippen LogP contribution in [0.2, 0.25) is 0 Å². The molecule has 9 heteroatoms. The molecule has 4 aromatic rings. The van der Waals surface area contributed by atoms with Crippen LogP contribution in [0.4, 0.5) is 20.9 Å². The van der Waals surface area contributed by atoms with Crippen LogP contribution < -0.4 is 10.0 Å². The molecule has 0 saturated carbocycles. The summed E-state index contributed by atoms with van der Waals surface area (Å²) in [6.45, 7) is 0. The van der Waals surface area contributed by atoms with Gasteiger partial charge < -0.3 is 5.32 Å². The molecule has 2 heterocycles. The number of thiazole rings is 1. The Kier molecular flexibility index (Phi) is 5.73. The van der Waals surface area contributed by atoms with Crippen LogP contribution in [0.25, 0.3) is 11.3 Å². The van der Waals surface area contributed by atoms with Crippen molar-refractivity contribution in [2.45, 2.75) is 5.75 Å². The van der Waals surface area contributed by atoms with E-state index in [0.717, 1.165) is 22.1 Å². The molecule has 0 spiro atoms. The molecular weight excluding hydrogens is 423 g/mol. The third-order valence-corrected chi connectivity index (χ3v) is 6.16. The van der Waals surface area contributed by atoms with Crippen molar-refractivity contribution >= 4 is 37.9 Å². The summed E-state index contributed by atoms with van der Waals surface area (Å²) in [7, 11) is -3.61. The second-order valence-corrected chi connectivity index (χ2v) is 9.05. The van der Waals surface area contributed by atoms with Gasteiger partial charge in [-0.25, -0.2) is 17.8 Å². The highest BCUT2D eigenvalue weighted by Gasteiger charge is 2.12. The summed E-state index contributed by atoms with van der Waals surface area (Å²) in [6, 6.07) is 16.1. The third kappa shape index (κ3) is 5.19. The lowest BCUT2D eigenvalue weighted by Gasteiger charge is -2.09. The Labute approximate surface area is 177 Å². The van der Waals surface area contributed by atoms with Gasteiger partial charge in [0.25, 0.3) is 0 Å². The molecule has 0 saturated heterocycles. The minimum atomic E-state index is -3.61. The van der Waals surface area contributed by atoms with E-state index in [0.29, 0.717) is 11.3 Å². The predicted octanol–water partition coefficient (Wildman–Crippen LogP) is 5.03. The lowest BCUT2D eigenvalue weighted by Crippen LogP contribution is -2.15. The summed E-state index contributed by atoms with van der Waals surface area (Å²) < 4.78 is 40.2. The Bertz CT molecular complexity index is 1230. The number of pyridine rings is 1. The topological polar surface area (TPSA) is 84.0 Å². The van der Waals surface area contributed by atoms with Crippen LogP contribution in [-0.2, 0) is 15.8 Å². The van der Waals surface area contributed by atoms with E-state index in [1.54, 1.807) is 36.7 Å². The van der Waals surface area contributed by atoms with E-state index in [9.17, 15) is 12.8 Å². The SMILES string of the molecule is O=S(=O)(Cc1ccc(F)cc1)Nc1ccc(-c2csc(Nc3cccnc3)n2)cc1. The third-order valence-electron chi connectivity index (χ3n) is 4.14. The molecule has 0 radical (unpaired) electrons. The Morgan fingerprint density at radius 3 is 2.43 bits per heavy atom. The number of nitrogens with zero attached hydrogens (tertiary/aromatic N) is 2. The average Bonchev–Trinajstić information content (AvgIpc) is 3.19. The minimum absolute atomic E-state index is 0.232. The maximum atomic E-state index is 13.0. The number of sulfonamides is 1. The Morgan fingerprint density at radius 2 is 1.73 bits per heavy atom. The number of anilines is 3. The zero-order valence-corrected chi connectivity index (χ0v) is 17.3. The molecule has 2 aromatic heterocycles. The fraction of sp³-hybridized carbons (Fsp3) is 0.0476. The van der Waals surface area contributed by atoms with Crippen molar-refractivity contribution in [3.63, 3.8) is 0 Å². The van der Waals surface area contributed by atoms with Crippen molar-refractivity contribution in [3.05, 3.63) is 89.8 Å². The first-order valence-electron chi connectivity index (χ1n) is 8.95. The van der Waals surface area contributed by atoms with Crippen molar-refractivity contribution in [1.29, 1.82) is 0 Å². The summed E-state index contributed by atoms with van der Waals surface area (Å²) >= 11 is 1.47. The second-order valence-electron chi connectivity index (χ2n) is 6.47. The van der Waals surface area contributed by atoms with E-state index in [-0.39, 0.29) is 5.75 Å². The van der Waals surface area contributed by atoms with Gasteiger partial charge >= 0.3 is 0 Å². The molecule has 0 aliphatic carbocycles. The van der Waals surface area contributed by atoms with E-state index in [1.807, 2.05) is 17.5 Å². The van der Waals surface area contributed by atoms with Gasteiger partial charge in [0.15, 0.2) is 5.13 Å². The summed E-state index contributed by atoms with van der Waals surface area (Å²) in [5, 5.41) is 5.85. The van der Waals surface area contributed by atoms with Crippen molar-refractivity contribution in [1.82, 2.24) is 9.97 Å². The monoisotopic (exact) mass is 440 g/mol. The number of halogens is 1. The molecule has 0 fully saturated rings. The summed E-state index contributed by atoms with van der Waals surface area (Å²) in [5.74, 6) is -0.634. The molecular formula is C21H17FN4O2S2. The van der Waals surface area contributed by atoms with Crippen molar-refractivity contribution in [2.24, 2.45) is 0 Å². The summed E-state index contributed by atoms with van der Waals surface area (Å²) in [5.41, 5.74) is 3.46. The van der Waals surface area contributed by atoms with E-state index in [4.69, 9.17) is 0 Å². The number of hydrogen-bond donors (Lipinski definition) is 2. The van der Waals surface area contributed by atoms with Gasteiger partial charge in [0.1, 0.15) is 5.82 Å². The number of aromatic nitrogens is 2. The van der Waals surface area contributed by atoms with Crippen LogP contribution >= 0.6 is 11.3 Å². The van der Waals surface area contributed by atoms with Crippen LogP contribution in [0, 0.1) is 5.82 Å². The summed E-state index contributed by atoms with van der Waals surface area (Å²) in [6.07, 6.45) is 3.42. The van der Waals surface area contributed by atoms with Gasteiger partial charge in [0.2, 0.25) is 10.0 Å². The highest BCUT2D eigenvalue weighted by Crippen LogP contribution is 2.28.